The molecular weight excluding hydrogens is 387 g/mol. The Labute approximate surface area is 176 Å². The molecule has 0 aromatic heterocycles. The second kappa shape index (κ2) is 12.8. The van der Waals surface area contributed by atoms with Gasteiger partial charge in [-0.05, 0) is 40.5 Å². The van der Waals surface area contributed by atoms with E-state index in [1.165, 1.54) is 0 Å². The summed E-state index contributed by atoms with van der Waals surface area (Å²) in [6.07, 6.45) is 4.42. The van der Waals surface area contributed by atoms with Crippen LogP contribution in [-0.4, -0.2) is 30.0 Å². The highest BCUT2D eigenvalue weighted by molar-refractivity contribution is 7.44. The molecule has 0 saturated heterocycles. The number of benzene rings is 1. The van der Waals surface area contributed by atoms with Crippen molar-refractivity contribution in [3.8, 4) is 6.07 Å². The molecule has 0 saturated carbocycles. The van der Waals surface area contributed by atoms with Crippen molar-refractivity contribution in [3.05, 3.63) is 47.9 Å². The Balaban J connectivity index is 1.71. The van der Waals surface area contributed by atoms with Crippen LogP contribution in [0, 0.1) is 11.3 Å². The van der Waals surface area contributed by atoms with Crippen molar-refractivity contribution >= 4 is 8.53 Å². The lowest BCUT2D eigenvalue weighted by Crippen LogP contribution is -2.33. The third-order valence-electron chi connectivity index (χ3n) is 4.33. The number of unbranched alkanes of at least 4 members (excludes halogenated alkanes) is 1. The van der Waals surface area contributed by atoms with Gasteiger partial charge in [-0.3, -0.25) is 0 Å². The van der Waals surface area contributed by atoms with Crippen LogP contribution < -0.4 is 0 Å². The Hall–Kier alpha value is -1.64. The molecule has 0 bridgehead atoms. The zero-order valence-electron chi connectivity index (χ0n) is 17.9. The zero-order valence-corrected chi connectivity index (χ0v) is 18.8. The minimum absolute atomic E-state index is 0.312. The maximum absolute atomic E-state index is 8.77. The molecule has 2 atom stereocenters. The van der Waals surface area contributed by atoms with E-state index >= 15 is 0 Å². The van der Waals surface area contributed by atoms with Crippen molar-refractivity contribution in [2.24, 2.45) is 0 Å². The Morgan fingerprint density at radius 1 is 1.07 bits per heavy atom. The second-order valence-electron chi connectivity index (χ2n) is 7.42. The quantitative estimate of drug-likeness (QED) is 0.286. The number of ether oxygens (including phenoxy) is 2. The topological polar surface area (TPSA) is 64.0 Å². The molecule has 7 heteroatoms. The minimum atomic E-state index is -1.17. The zero-order chi connectivity index (χ0) is 21.1. The van der Waals surface area contributed by atoms with Gasteiger partial charge in [0.15, 0.2) is 0 Å². The van der Waals surface area contributed by atoms with Crippen LogP contribution in [0.15, 0.2) is 42.4 Å². The molecule has 1 aliphatic heterocycles. The molecule has 0 N–H and O–H groups in total. The van der Waals surface area contributed by atoms with Crippen LogP contribution in [0.4, 0.5) is 0 Å². The SMILES string of the molecule is CC(C)N(C(C)C)P(OCCC#N)OCCCCC1=COC(c2ccccc2)O1. The van der Waals surface area contributed by atoms with Crippen LogP contribution in [0.5, 0.6) is 0 Å². The molecule has 2 rings (SSSR count). The summed E-state index contributed by atoms with van der Waals surface area (Å²) in [6.45, 7) is 9.57. The number of allylic oxidation sites excluding steroid dienone is 1. The summed E-state index contributed by atoms with van der Waals surface area (Å²) < 4.78 is 25.7. The van der Waals surface area contributed by atoms with Gasteiger partial charge in [0.1, 0.15) is 12.0 Å². The molecule has 2 unspecified atom stereocenters. The predicted octanol–water partition coefficient (Wildman–Crippen LogP) is 6.04. The monoisotopic (exact) mass is 420 g/mol. The van der Waals surface area contributed by atoms with Crippen molar-refractivity contribution in [2.45, 2.75) is 71.8 Å². The molecule has 0 fully saturated rings. The highest BCUT2D eigenvalue weighted by Crippen LogP contribution is 2.46. The second-order valence-corrected chi connectivity index (χ2v) is 8.87. The van der Waals surface area contributed by atoms with E-state index in [4.69, 9.17) is 23.8 Å². The first kappa shape index (κ1) is 23.6. The van der Waals surface area contributed by atoms with Gasteiger partial charge in [-0.1, -0.05) is 30.3 Å². The molecule has 1 heterocycles. The Bertz CT molecular complexity index is 653. The third kappa shape index (κ3) is 7.95. The van der Waals surface area contributed by atoms with Crippen LogP contribution in [0.2, 0.25) is 0 Å². The van der Waals surface area contributed by atoms with Crippen LogP contribution in [-0.2, 0) is 18.5 Å². The Morgan fingerprint density at radius 2 is 1.76 bits per heavy atom. The lowest BCUT2D eigenvalue weighted by atomic mass is 10.2. The van der Waals surface area contributed by atoms with E-state index in [1.807, 2.05) is 30.3 Å². The molecule has 1 aliphatic rings. The van der Waals surface area contributed by atoms with Gasteiger partial charge in [0.2, 0.25) is 0 Å². The maximum Gasteiger partial charge on any atom is 0.266 e. The molecule has 29 heavy (non-hydrogen) atoms. The summed E-state index contributed by atoms with van der Waals surface area (Å²) in [6, 6.07) is 12.7. The maximum atomic E-state index is 8.77. The molecule has 6 nitrogen and oxygen atoms in total. The molecule has 0 spiro atoms. The van der Waals surface area contributed by atoms with Gasteiger partial charge >= 0.3 is 0 Å². The van der Waals surface area contributed by atoms with Gasteiger partial charge in [0.05, 0.1) is 25.7 Å². The smallest absolute Gasteiger partial charge is 0.266 e. The Morgan fingerprint density at radius 3 is 2.41 bits per heavy atom. The van der Waals surface area contributed by atoms with Gasteiger partial charge in [0, 0.05) is 24.1 Å². The molecule has 0 aliphatic carbocycles. The molecular formula is C22H33N2O4P. The molecule has 1 aromatic rings. The van der Waals surface area contributed by atoms with Gasteiger partial charge < -0.3 is 18.5 Å². The lowest BCUT2D eigenvalue weighted by Gasteiger charge is -2.35. The van der Waals surface area contributed by atoms with E-state index < -0.39 is 8.53 Å². The van der Waals surface area contributed by atoms with E-state index in [0.717, 1.165) is 30.6 Å². The number of hydrogen-bond donors (Lipinski definition) is 0. The Kier molecular flexibility index (Phi) is 10.5. The molecule has 160 valence electrons. The summed E-state index contributed by atoms with van der Waals surface area (Å²) in [5.41, 5.74) is 1.02. The van der Waals surface area contributed by atoms with Crippen LogP contribution in [0.1, 0.15) is 65.2 Å². The van der Waals surface area contributed by atoms with Gasteiger partial charge in [-0.25, -0.2) is 4.67 Å². The average molecular weight is 420 g/mol. The summed E-state index contributed by atoms with van der Waals surface area (Å²) in [5.74, 6) is 0.873. The number of rotatable bonds is 13. The fourth-order valence-corrected chi connectivity index (χ4v) is 4.69. The van der Waals surface area contributed by atoms with E-state index in [2.05, 4.69) is 38.4 Å². The number of hydrogen-bond acceptors (Lipinski definition) is 6. The molecule has 1 aromatic carbocycles. The molecule has 0 radical (unpaired) electrons. The van der Waals surface area contributed by atoms with Gasteiger partial charge in [0.25, 0.3) is 14.8 Å². The summed E-state index contributed by atoms with van der Waals surface area (Å²) in [5, 5.41) is 8.77. The summed E-state index contributed by atoms with van der Waals surface area (Å²) >= 11 is 0. The lowest BCUT2D eigenvalue weighted by molar-refractivity contribution is -0.0356. The van der Waals surface area contributed by atoms with Crippen LogP contribution in [0.3, 0.4) is 0 Å². The van der Waals surface area contributed by atoms with Gasteiger partial charge in [-0.2, -0.15) is 5.26 Å². The van der Waals surface area contributed by atoms with Crippen molar-refractivity contribution in [2.75, 3.05) is 13.2 Å². The molecule has 0 amide bonds. The third-order valence-corrected chi connectivity index (χ3v) is 6.44. The van der Waals surface area contributed by atoms with E-state index in [1.54, 1.807) is 6.26 Å². The largest absolute Gasteiger partial charge is 0.455 e. The summed E-state index contributed by atoms with van der Waals surface area (Å²) in [4.78, 5) is 0. The van der Waals surface area contributed by atoms with Gasteiger partial charge in [-0.15, -0.1) is 0 Å². The van der Waals surface area contributed by atoms with Crippen LogP contribution >= 0.6 is 8.53 Å². The normalized spacial score (nSPS) is 17.2. The highest BCUT2D eigenvalue weighted by atomic mass is 31.2. The van der Waals surface area contributed by atoms with Crippen molar-refractivity contribution in [1.29, 1.82) is 5.26 Å². The standard InChI is InChI=1S/C22H33N2O4P/c1-18(2)24(19(3)4)29(27-16-10-14-23)26-15-9-8-13-21-17-25-22(28-21)20-11-6-5-7-12-20/h5-7,11-12,17-19,22H,8-10,13,15-16H2,1-4H3. The minimum Gasteiger partial charge on any atom is -0.455 e. The first-order chi connectivity index (χ1) is 14.0. The van der Waals surface area contributed by atoms with E-state index in [-0.39, 0.29) is 6.29 Å². The first-order valence-corrected chi connectivity index (χ1v) is 11.4. The van der Waals surface area contributed by atoms with Crippen LogP contribution in [0.25, 0.3) is 0 Å². The van der Waals surface area contributed by atoms with E-state index in [9.17, 15) is 0 Å². The highest BCUT2D eigenvalue weighted by Gasteiger charge is 2.27. The van der Waals surface area contributed by atoms with E-state index in [0.29, 0.717) is 31.7 Å². The van der Waals surface area contributed by atoms with Crippen molar-refractivity contribution < 1.29 is 18.5 Å². The fraction of sp³-hybridized carbons (Fsp3) is 0.591. The first-order valence-electron chi connectivity index (χ1n) is 10.3. The average Bonchev–Trinajstić information content (AvgIpc) is 3.16. The number of nitrogens with zero attached hydrogens (tertiary/aromatic N) is 2. The van der Waals surface area contributed by atoms with Crippen molar-refractivity contribution in [3.63, 3.8) is 0 Å². The van der Waals surface area contributed by atoms with Crippen molar-refractivity contribution in [1.82, 2.24) is 4.67 Å². The fourth-order valence-electron chi connectivity index (χ4n) is 3.06. The number of nitriles is 1. The summed E-state index contributed by atoms with van der Waals surface area (Å²) in [7, 11) is -1.17. The predicted molar refractivity (Wildman–Crippen MR) is 114 cm³/mol.